The van der Waals surface area contributed by atoms with Gasteiger partial charge >= 0.3 is 0 Å². The molecule has 0 atom stereocenters. The second-order valence-corrected chi connectivity index (χ2v) is 5.79. The van der Waals surface area contributed by atoms with E-state index in [2.05, 4.69) is 4.18 Å². The van der Waals surface area contributed by atoms with E-state index in [0.717, 1.165) is 11.8 Å². The first-order valence-electron chi connectivity index (χ1n) is 4.74. The van der Waals surface area contributed by atoms with Gasteiger partial charge in [0, 0.05) is 0 Å². The third kappa shape index (κ3) is 6.24. The van der Waals surface area contributed by atoms with Crippen LogP contribution in [0.1, 0.15) is 5.56 Å². The fraction of sp³-hybridized carbons (Fsp3) is 0.400. The molecule has 0 aliphatic heterocycles. The van der Waals surface area contributed by atoms with E-state index in [1.807, 2.05) is 0 Å². The van der Waals surface area contributed by atoms with Gasteiger partial charge in [0.25, 0.3) is 10.1 Å². The molecule has 0 aliphatic carbocycles. The third-order valence-electron chi connectivity index (χ3n) is 1.78. The molecule has 0 N–H and O–H groups in total. The highest BCUT2D eigenvalue weighted by Crippen LogP contribution is 2.22. The molecule has 17 heavy (non-hydrogen) atoms. The molecule has 0 amide bonds. The molecule has 1 aromatic rings. The van der Waals surface area contributed by atoms with Crippen LogP contribution in [0.5, 0.6) is 0 Å². The fourth-order valence-corrected chi connectivity index (χ4v) is 1.76. The smallest absolute Gasteiger partial charge is 0.264 e. The summed E-state index contributed by atoms with van der Waals surface area (Å²) in [7, 11) is -3.40. The lowest BCUT2D eigenvalue weighted by molar-refractivity contribution is 0.0911. The molecular formula is C10H12Cl2O4S. The molecule has 0 unspecified atom stereocenters. The van der Waals surface area contributed by atoms with Gasteiger partial charge in [-0.3, -0.25) is 4.18 Å². The van der Waals surface area contributed by atoms with Crippen LogP contribution in [0, 0.1) is 0 Å². The van der Waals surface area contributed by atoms with Crippen molar-refractivity contribution in [2.75, 3.05) is 19.5 Å². The Morgan fingerprint density at radius 1 is 1.18 bits per heavy atom. The van der Waals surface area contributed by atoms with Crippen molar-refractivity contribution >= 4 is 33.3 Å². The highest BCUT2D eigenvalue weighted by Gasteiger charge is 2.02. The molecule has 7 heteroatoms. The summed E-state index contributed by atoms with van der Waals surface area (Å²) in [6, 6.07) is 5.16. The molecule has 0 aromatic heterocycles. The predicted octanol–water partition coefficient (Wildman–Crippen LogP) is 2.49. The molecule has 1 rings (SSSR count). The molecule has 0 radical (unpaired) electrons. The van der Waals surface area contributed by atoms with Gasteiger partial charge in [-0.05, 0) is 17.7 Å². The third-order valence-corrected chi connectivity index (χ3v) is 3.11. The molecule has 0 aliphatic rings. The lowest BCUT2D eigenvalue weighted by Crippen LogP contribution is -2.09. The van der Waals surface area contributed by atoms with Gasteiger partial charge in [-0.1, -0.05) is 29.3 Å². The highest BCUT2D eigenvalue weighted by atomic mass is 35.5. The van der Waals surface area contributed by atoms with Crippen molar-refractivity contribution in [3.8, 4) is 0 Å². The van der Waals surface area contributed by atoms with Crippen LogP contribution >= 0.6 is 23.2 Å². The summed E-state index contributed by atoms with van der Waals surface area (Å²) in [4.78, 5) is 0. The summed E-state index contributed by atoms with van der Waals surface area (Å²) in [5, 5.41) is 0.941. The summed E-state index contributed by atoms with van der Waals surface area (Å²) in [5.74, 6) is 0. The average Bonchev–Trinajstić information content (AvgIpc) is 2.21. The van der Waals surface area contributed by atoms with Crippen molar-refractivity contribution in [2.45, 2.75) is 6.61 Å². The normalized spacial score (nSPS) is 11.7. The van der Waals surface area contributed by atoms with Crippen molar-refractivity contribution in [3.05, 3.63) is 33.8 Å². The van der Waals surface area contributed by atoms with Crippen LogP contribution in [0.15, 0.2) is 18.2 Å². The molecule has 0 saturated heterocycles. The number of halogens is 2. The molecular weight excluding hydrogens is 287 g/mol. The maximum absolute atomic E-state index is 10.6. The van der Waals surface area contributed by atoms with E-state index in [0.29, 0.717) is 16.7 Å². The maximum atomic E-state index is 10.6. The van der Waals surface area contributed by atoms with E-state index >= 15 is 0 Å². The summed E-state index contributed by atoms with van der Waals surface area (Å²) >= 11 is 11.6. The molecule has 4 nitrogen and oxygen atoms in total. The first-order valence-corrected chi connectivity index (χ1v) is 7.32. The van der Waals surface area contributed by atoms with Gasteiger partial charge in [0.2, 0.25) is 0 Å². The minimum Gasteiger partial charge on any atom is -0.374 e. The quantitative estimate of drug-likeness (QED) is 0.598. The number of hydrogen-bond acceptors (Lipinski definition) is 4. The Kier molecular flexibility index (Phi) is 5.69. The highest BCUT2D eigenvalue weighted by molar-refractivity contribution is 7.85. The SMILES string of the molecule is CS(=O)(=O)OCCOCc1ccc(Cl)c(Cl)c1. The van der Waals surface area contributed by atoms with Crippen molar-refractivity contribution in [1.82, 2.24) is 0 Å². The molecule has 1 aromatic carbocycles. The van der Waals surface area contributed by atoms with Crippen LogP contribution in [0.2, 0.25) is 10.0 Å². The Morgan fingerprint density at radius 2 is 1.88 bits per heavy atom. The van der Waals surface area contributed by atoms with E-state index in [-0.39, 0.29) is 13.2 Å². The lowest BCUT2D eigenvalue weighted by Gasteiger charge is -2.05. The minimum atomic E-state index is -3.40. The van der Waals surface area contributed by atoms with E-state index < -0.39 is 10.1 Å². The van der Waals surface area contributed by atoms with Gasteiger partial charge in [0.1, 0.15) is 0 Å². The van der Waals surface area contributed by atoms with E-state index in [4.69, 9.17) is 27.9 Å². The number of rotatable bonds is 6. The zero-order valence-electron chi connectivity index (χ0n) is 9.15. The first kappa shape index (κ1) is 14.7. The predicted molar refractivity (Wildman–Crippen MR) is 66.9 cm³/mol. The Hall–Kier alpha value is -0.330. The largest absolute Gasteiger partial charge is 0.374 e. The van der Waals surface area contributed by atoms with Crippen LogP contribution in [0.25, 0.3) is 0 Å². The topological polar surface area (TPSA) is 52.6 Å². The summed E-state index contributed by atoms with van der Waals surface area (Å²) in [5.41, 5.74) is 0.860. The molecule has 0 spiro atoms. The van der Waals surface area contributed by atoms with Crippen molar-refractivity contribution in [3.63, 3.8) is 0 Å². The van der Waals surface area contributed by atoms with E-state index in [9.17, 15) is 8.42 Å². The van der Waals surface area contributed by atoms with Crippen LogP contribution in [-0.2, 0) is 25.6 Å². The van der Waals surface area contributed by atoms with Crippen LogP contribution in [-0.4, -0.2) is 27.9 Å². The molecule has 0 saturated carbocycles. The van der Waals surface area contributed by atoms with Gasteiger partial charge in [-0.25, -0.2) is 0 Å². The van der Waals surface area contributed by atoms with Crippen molar-refractivity contribution in [1.29, 1.82) is 0 Å². The van der Waals surface area contributed by atoms with Crippen LogP contribution in [0.3, 0.4) is 0 Å². The van der Waals surface area contributed by atoms with Crippen molar-refractivity contribution < 1.29 is 17.3 Å². The number of hydrogen-bond donors (Lipinski definition) is 0. The van der Waals surface area contributed by atoms with Crippen LogP contribution in [0.4, 0.5) is 0 Å². The van der Waals surface area contributed by atoms with E-state index in [1.54, 1.807) is 18.2 Å². The summed E-state index contributed by atoms with van der Waals surface area (Å²) < 4.78 is 31.0. The summed E-state index contributed by atoms with van der Waals surface area (Å²) in [6.45, 7) is 0.511. The Morgan fingerprint density at radius 3 is 2.47 bits per heavy atom. The lowest BCUT2D eigenvalue weighted by atomic mass is 10.2. The minimum absolute atomic E-state index is 0.000154. The average molecular weight is 299 g/mol. The Labute approximate surface area is 111 Å². The Bertz CT molecular complexity index is 473. The number of benzene rings is 1. The van der Waals surface area contributed by atoms with Crippen LogP contribution < -0.4 is 0 Å². The monoisotopic (exact) mass is 298 g/mol. The first-order chi connectivity index (χ1) is 7.88. The van der Waals surface area contributed by atoms with Crippen molar-refractivity contribution in [2.24, 2.45) is 0 Å². The maximum Gasteiger partial charge on any atom is 0.264 e. The molecule has 0 fully saturated rings. The molecule has 0 bridgehead atoms. The van der Waals surface area contributed by atoms with E-state index in [1.165, 1.54) is 0 Å². The fourth-order valence-electron chi connectivity index (χ4n) is 1.06. The zero-order chi connectivity index (χ0) is 12.9. The van der Waals surface area contributed by atoms with Gasteiger partial charge < -0.3 is 4.74 Å². The zero-order valence-corrected chi connectivity index (χ0v) is 11.5. The van der Waals surface area contributed by atoms with Gasteiger partial charge in [0.15, 0.2) is 0 Å². The van der Waals surface area contributed by atoms with Gasteiger partial charge in [-0.2, -0.15) is 8.42 Å². The molecule has 0 heterocycles. The second kappa shape index (κ2) is 6.56. The molecule has 96 valence electrons. The van der Waals surface area contributed by atoms with Gasteiger partial charge in [0.05, 0.1) is 36.1 Å². The second-order valence-electron chi connectivity index (χ2n) is 3.33. The standard InChI is InChI=1S/C10H12Cl2O4S/c1-17(13,14)16-5-4-15-7-8-2-3-9(11)10(12)6-8/h2-3,6H,4-5,7H2,1H3. The Balaban J connectivity index is 2.29. The number of ether oxygens (including phenoxy) is 1. The summed E-state index contributed by atoms with van der Waals surface area (Å²) in [6.07, 6.45) is 0.992. The van der Waals surface area contributed by atoms with Gasteiger partial charge in [-0.15, -0.1) is 0 Å².